The molecule has 0 N–H and O–H groups in total. The summed E-state index contributed by atoms with van der Waals surface area (Å²) >= 11 is 0. The summed E-state index contributed by atoms with van der Waals surface area (Å²) in [5.74, 6) is 2.04. The molecule has 3 unspecified atom stereocenters. The van der Waals surface area contributed by atoms with E-state index in [1.807, 2.05) is 0 Å². The third-order valence-electron chi connectivity index (χ3n) is 4.42. The Labute approximate surface area is 88.3 Å². The molecule has 1 aliphatic rings. The molecule has 0 aromatic heterocycles. The lowest BCUT2D eigenvalue weighted by atomic mass is 9.58. The van der Waals surface area contributed by atoms with Crippen LogP contribution in [0.1, 0.15) is 53.9 Å². The van der Waals surface area contributed by atoms with Crippen LogP contribution in [0.4, 0.5) is 0 Å². The van der Waals surface area contributed by atoms with Crippen LogP contribution < -0.4 is 0 Å². The molecule has 0 aromatic carbocycles. The summed E-state index contributed by atoms with van der Waals surface area (Å²) < 4.78 is 0. The number of ketones is 1. The Kier molecular flexibility index (Phi) is 3.39. The first kappa shape index (κ1) is 11.7. The van der Waals surface area contributed by atoms with E-state index in [2.05, 4.69) is 27.7 Å². The van der Waals surface area contributed by atoms with E-state index in [0.717, 1.165) is 12.3 Å². The number of carbonyl (C=O) groups excluding carboxylic acids is 1. The van der Waals surface area contributed by atoms with Crippen molar-refractivity contribution in [1.29, 1.82) is 0 Å². The van der Waals surface area contributed by atoms with E-state index < -0.39 is 0 Å². The largest absolute Gasteiger partial charge is 0.300 e. The van der Waals surface area contributed by atoms with Crippen LogP contribution >= 0.6 is 0 Å². The fraction of sp³-hybridized carbons (Fsp3) is 0.923. The van der Waals surface area contributed by atoms with Crippen molar-refractivity contribution >= 4 is 5.78 Å². The van der Waals surface area contributed by atoms with Crippen molar-refractivity contribution in [2.24, 2.45) is 23.2 Å². The van der Waals surface area contributed by atoms with Gasteiger partial charge in [-0.05, 0) is 37.0 Å². The third-order valence-corrected chi connectivity index (χ3v) is 4.42. The lowest BCUT2D eigenvalue weighted by Gasteiger charge is -2.45. The summed E-state index contributed by atoms with van der Waals surface area (Å²) in [5, 5.41) is 0. The monoisotopic (exact) mass is 196 g/mol. The Hall–Kier alpha value is -0.330. The first-order valence-corrected chi connectivity index (χ1v) is 5.88. The van der Waals surface area contributed by atoms with Crippen molar-refractivity contribution < 1.29 is 4.79 Å². The summed E-state index contributed by atoms with van der Waals surface area (Å²) in [6.07, 6.45) is 3.61. The van der Waals surface area contributed by atoms with Crippen LogP contribution in [0, 0.1) is 23.2 Å². The van der Waals surface area contributed by atoms with E-state index in [0.29, 0.717) is 17.6 Å². The molecular weight excluding hydrogens is 172 g/mol. The second kappa shape index (κ2) is 4.04. The maximum Gasteiger partial charge on any atom is 0.133 e. The zero-order chi connectivity index (χ0) is 10.9. The van der Waals surface area contributed by atoms with Gasteiger partial charge in [0.25, 0.3) is 0 Å². The van der Waals surface area contributed by atoms with Gasteiger partial charge in [-0.1, -0.05) is 34.1 Å². The van der Waals surface area contributed by atoms with E-state index in [4.69, 9.17) is 0 Å². The highest BCUT2D eigenvalue weighted by Crippen LogP contribution is 2.48. The predicted molar refractivity (Wildman–Crippen MR) is 60.1 cm³/mol. The van der Waals surface area contributed by atoms with Gasteiger partial charge in [-0.3, -0.25) is 4.79 Å². The molecule has 0 saturated heterocycles. The highest BCUT2D eigenvalue weighted by Gasteiger charge is 2.43. The number of rotatable bonds is 2. The summed E-state index contributed by atoms with van der Waals surface area (Å²) in [7, 11) is 0. The average Bonchev–Trinajstić information content (AvgIpc) is 2.08. The van der Waals surface area contributed by atoms with Gasteiger partial charge in [-0.25, -0.2) is 0 Å². The highest BCUT2D eigenvalue weighted by atomic mass is 16.1. The predicted octanol–water partition coefficient (Wildman–Crippen LogP) is 3.67. The van der Waals surface area contributed by atoms with Crippen LogP contribution in [0.3, 0.4) is 0 Å². The van der Waals surface area contributed by atoms with Crippen LogP contribution in [0.25, 0.3) is 0 Å². The highest BCUT2D eigenvalue weighted by molar-refractivity contribution is 5.79. The van der Waals surface area contributed by atoms with Crippen LogP contribution in [0.5, 0.6) is 0 Å². The van der Waals surface area contributed by atoms with E-state index in [9.17, 15) is 4.79 Å². The maximum atomic E-state index is 11.7. The van der Waals surface area contributed by atoms with Gasteiger partial charge in [-0.15, -0.1) is 0 Å². The lowest BCUT2D eigenvalue weighted by molar-refractivity contribution is -0.129. The lowest BCUT2D eigenvalue weighted by Crippen LogP contribution is -2.41. The van der Waals surface area contributed by atoms with Crippen molar-refractivity contribution in [2.75, 3.05) is 0 Å². The smallest absolute Gasteiger partial charge is 0.133 e. The number of carbonyl (C=O) groups is 1. The molecule has 0 aromatic rings. The van der Waals surface area contributed by atoms with Gasteiger partial charge < -0.3 is 0 Å². The minimum atomic E-state index is 0.248. The van der Waals surface area contributed by atoms with E-state index in [-0.39, 0.29) is 5.41 Å². The summed E-state index contributed by atoms with van der Waals surface area (Å²) in [6.45, 7) is 10.9. The van der Waals surface area contributed by atoms with Crippen molar-refractivity contribution in [3.8, 4) is 0 Å². The Morgan fingerprint density at radius 3 is 2.43 bits per heavy atom. The van der Waals surface area contributed by atoms with Gasteiger partial charge in [0.1, 0.15) is 5.78 Å². The average molecular weight is 196 g/mol. The van der Waals surface area contributed by atoms with Crippen LogP contribution in [0.2, 0.25) is 0 Å². The molecule has 14 heavy (non-hydrogen) atoms. The number of hydrogen-bond donors (Lipinski definition) is 0. The minimum Gasteiger partial charge on any atom is -0.300 e. The standard InChI is InChI=1S/C13H24O/c1-9(2)13(5)7-6-10(3)8-12(13)11(4)14/h9-10,12H,6-8H2,1-5H3. The first-order chi connectivity index (χ1) is 6.38. The molecule has 0 spiro atoms. The zero-order valence-corrected chi connectivity index (χ0v) is 10.3. The van der Waals surface area contributed by atoms with Gasteiger partial charge >= 0.3 is 0 Å². The molecule has 1 nitrogen and oxygen atoms in total. The second-order valence-corrected chi connectivity index (χ2v) is 5.70. The molecular formula is C13H24O. The second-order valence-electron chi connectivity index (χ2n) is 5.70. The quantitative estimate of drug-likeness (QED) is 0.658. The molecule has 0 heterocycles. The first-order valence-electron chi connectivity index (χ1n) is 5.88. The molecule has 1 rings (SSSR count). The van der Waals surface area contributed by atoms with Gasteiger partial charge in [0.15, 0.2) is 0 Å². The topological polar surface area (TPSA) is 17.1 Å². The fourth-order valence-corrected chi connectivity index (χ4v) is 2.84. The molecule has 3 atom stereocenters. The number of hydrogen-bond acceptors (Lipinski definition) is 1. The fourth-order valence-electron chi connectivity index (χ4n) is 2.84. The molecule has 0 radical (unpaired) electrons. The summed E-state index contributed by atoms with van der Waals surface area (Å²) in [5.41, 5.74) is 0.248. The van der Waals surface area contributed by atoms with E-state index >= 15 is 0 Å². The van der Waals surface area contributed by atoms with Gasteiger partial charge in [0.2, 0.25) is 0 Å². The van der Waals surface area contributed by atoms with E-state index in [1.165, 1.54) is 12.8 Å². The van der Waals surface area contributed by atoms with Gasteiger partial charge in [0.05, 0.1) is 0 Å². The molecule has 0 bridgehead atoms. The molecule has 1 aliphatic carbocycles. The Balaban J connectivity index is 2.87. The van der Waals surface area contributed by atoms with Crippen molar-refractivity contribution in [3.63, 3.8) is 0 Å². The van der Waals surface area contributed by atoms with Crippen LogP contribution in [-0.4, -0.2) is 5.78 Å². The molecule has 1 saturated carbocycles. The van der Waals surface area contributed by atoms with Crippen molar-refractivity contribution in [3.05, 3.63) is 0 Å². The molecule has 1 heteroatoms. The zero-order valence-electron chi connectivity index (χ0n) is 10.3. The van der Waals surface area contributed by atoms with Gasteiger partial charge in [0, 0.05) is 5.92 Å². The van der Waals surface area contributed by atoms with Crippen molar-refractivity contribution in [1.82, 2.24) is 0 Å². The normalized spacial score (nSPS) is 38.7. The Morgan fingerprint density at radius 2 is 2.00 bits per heavy atom. The summed E-state index contributed by atoms with van der Waals surface area (Å²) in [4.78, 5) is 11.7. The van der Waals surface area contributed by atoms with Crippen LogP contribution in [-0.2, 0) is 4.79 Å². The number of Topliss-reactive ketones (excluding diaryl/α,β-unsaturated/α-hetero) is 1. The van der Waals surface area contributed by atoms with Crippen molar-refractivity contribution in [2.45, 2.75) is 53.9 Å². The SMILES string of the molecule is CC(=O)C1CC(C)CCC1(C)C(C)C. The Bertz CT molecular complexity index is 219. The summed E-state index contributed by atoms with van der Waals surface area (Å²) in [6, 6.07) is 0. The third kappa shape index (κ3) is 2.02. The van der Waals surface area contributed by atoms with E-state index in [1.54, 1.807) is 6.92 Å². The molecule has 1 fully saturated rings. The molecule has 0 aliphatic heterocycles. The molecule has 0 amide bonds. The molecule has 82 valence electrons. The minimum absolute atomic E-state index is 0.248. The maximum absolute atomic E-state index is 11.7. The van der Waals surface area contributed by atoms with Gasteiger partial charge in [-0.2, -0.15) is 0 Å². The Morgan fingerprint density at radius 1 is 1.43 bits per heavy atom. The van der Waals surface area contributed by atoms with Crippen LogP contribution in [0.15, 0.2) is 0 Å².